The third kappa shape index (κ3) is 3.13. The molecule has 4 heteroatoms. The molecule has 1 fully saturated rings. The number of rotatable bonds is 3. The molecule has 0 aliphatic heterocycles. The van der Waals surface area contributed by atoms with E-state index in [1.807, 2.05) is 0 Å². The summed E-state index contributed by atoms with van der Waals surface area (Å²) in [4.78, 5) is 6.72. The SMILES string of the molecule is CCC(=NC(=N)Cl)N(C(C)(C)C)C1(CC)CC[C@H]1C. The molecule has 1 saturated carbocycles. The lowest BCUT2D eigenvalue weighted by atomic mass is 9.63. The Morgan fingerprint density at radius 3 is 2.21 bits per heavy atom. The monoisotopic (exact) mass is 285 g/mol. The lowest BCUT2D eigenvalue weighted by molar-refractivity contribution is -0.0396. The van der Waals surface area contributed by atoms with Crippen LogP contribution in [0.4, 0.5) is 0 Å². The Morgan fingerprint density at radius 2 is 2.00 bits per heavy atom. The van der Waals surface area contributed by atoms with Crippen molar-refractivity contribution in [3.8, 4) is 0 Å². The van der Waals surface area contributed by atoms with Crippen LogP contribution in [-0.4, -0.2) is 27.1 Å². The molecule has 0 amide bonds. The van der Waals surface area contributed by atoms with Gasteiger partial charge in [-0.25, -0.2) is 4.99 Å². The maximum Gasteiger partial charge on any atom is 0.216 e. The summed E-state index contributed by atoms with van der Waals surface area (Å²) < 4.78 is 0. The molecule has 2 atom stereocenters. The maximum atomic E-state index is 7.46. The first kappa shape index (κ1) is 16.5. The van der Waals surface area contributed by atoms with Gasteiger partial charge in [0.2, 0.25) is 5.29 Å². The topological polar surface area (TPSA) is 39.5 Å². The van der Waals surface area contributed by atoms with E-state index in [-0.39, 0.29) is 16.4 Å². The van der Waals surface area contributed by atoms with Crippen molar-refractivity contribution in [2.24, 2.45) is 10.9 Å². The summed E-state index contributed by atoms with van der Waals surface area (Å²) >= 11 is 5.71. The van der Waals surface area contributed by atoms with Gasteiger partial charge in [-0.05, 0) is 57.6 Å². The van der Waals surface area contributed by atoms with Gasteiger partial charge in [-0.3, -0.25) is 5.41 Å². The normalized spacial score (nSPS) is 27.9. The van der Waals surface area contributed by atoms with Gasteiger partial charge in [0.25, 0.3) is 0 Å². The number of nitrogens with zero attached hydrogens (tertiary/aromatic N) is 2. The Labute approximate surface area is 122 Å². The van der Waals surface area contributed by atoms with Crippen LogP contribution in [0.3, 0.4) is 0 Å². The van der Waals surface area contributed by atoms with Crippen LogP contribution in [0.25, 0.3) is 0 Å². The highest BCUT2D eigenvalue weighted by molar-refractivity contribution is 6.64. The zero-order valence-electron chi connectivity index (χ0n) is 13.2. The second kappa shape index (κ2) is 5.82. The van der Waals surface area contributed by atoms with Gasteiger partial charge in [0.1, 0.15) is 5.84 Å². The van der Waals surface area contributed by atoms with Crippen LogP contribution in [0, 0.1) is 11.3 Å². The van der Waals surface area contributed by atoms with Crippen molar-refractivity contribution in [1.29, 1.82) is 5.41 Å². The second-order valence-corrected chi connectivity index (χ2v) is 6.93. The Kier molecular flexibility index (Phi) is 5.05. The van der Waals surface area contributed by atoms with Gasteiger partial charge in [0.15, 0.2) is 0 Å². The predicted molar refractivity (Wildman–Crippen MR) is 84.3 cm³/mol. The van der Waals surface area contributed by atoms with Crippen LogP contribution in [0.1, 0.15) is 67.2 Å². The van der Waals surface area contributed by atoms with Gasteiger partial charge >= 0.3 is 0 Å². The molecule has 1 N–H and O–H groups in total. The molecule has 1 rings (SSSR count). The molecule has 110 valence electrons. The van der Waals surface area contributed by atoms with Crippen molar-refractivity contribution in [2.45, 2.75) is 78.3 Å². The molecule has 0 aromatic rings. The smallest absolute Gasteiger partial charge is 0.216 e. The zero-order valence-corrected chi connectivity index (χ0v) is 13.9. The van der Waals surface area contributed by atoms with E-state index in [2.05, 4.69) is 51.4 Å². The first-order chi connectivity index (χ1) is 8.69. The molecule has 3 nitrogen and oxygen atoms in total. The summed E-state index contributed by atoms with van der Waals surface area (Å²) in [7, 11) is 0. The Balaban J connectivity index is 3.26. The number of aliphatic imine (C=N–C) groups is 1. The third-order valence-corrected chi connectivity index (χ3v) is 4.54. The summed E-state index contributed by atoms with van der Waals surface area (Å²) in [5, 5.41) is 7.34. The predicted octanol–water partition coefficient (Wildman–Crippen LogP) is 4.65. The molecule has 1 aliphatic carbocycles. The van der Waals surface area contributed by atoms with Crippen molar-refractivity contribution in [2.75, 3.05) is 0 Å². The number of nitrogens with one attached hydrogen (secondary N) is 1. The minimum absolute atomic E-state index is 0.00806. The highest BCUT2D eigenvalue weighted by Crippen LogP contribution is 2.48. The van der Waals surface area contributed by atoms with Gasteiger partial charge < -0.3 is 4.90 Å². The highest BCUT2D eigenvalue weighted by atomic mass is 35.5. The van der Waals surface area contributed by atoms with Gasteiger partial charge in [-0.1, -0.05) is 20.8 Å². The van der Waals surface area contributed by atoms with E-state index in [1.165, 1.54) is 12.8 Å². The van der Waals surface area contributed by atoms with Crippen molar-refractivity contribution in [1.82, 2.24) is 4.90 Å². The van der Waals surface area contributed by atoms with Gasteiger partial charge in [0.05, 0.1) is 0 Å². The number of hydrogen-bond acceptors (Lipinski definition) is 1. The van der Waals surface area contributed by atoms with Crippen LogP contribution in [-0.2, 0) is 0 Å². The molecule has 1 aliphatic rings. The average Bonchev–Trinajstić information content (AvgIpc) is 2.29. The summed E-state index contributed by atoms with van der Waals surface area (Å²) in [5.74, 6) is 1.61. The Bertz CT molecular complexity index is 366. The minimum atomic E-state index is -0.121. The summed E-state index contributed by atoms with van der Waals surface area (Å²) in [6, 6.07) is 0. The number of hydrogen-bond donors (Lipinski definition) is 1. The Morgan fingerprint density at radius 1 is 1.42 bits per heavy atom. The molecule has 0 heterocycles. The first-order valence-electron chi connectivity index (χ1n) is 7.31. The van der Waals surface area contributed by atoms with Gasteiger partial charge in [-0.2, -0.15) is 0 Å². The highest BCUT2D eigenvalue weighted by Gasteiger charge is 2.51. The fourth-order valence-corrected chi connectivity index (χ4v) is 3.59. The van der Waals surface area contributed by atoms with E-state index in [0.717, 1.165) is 18.7 Å². The zero-order chi connectivity index (χ0) is 14.8. The van der Waals surface area contributed by atoms with Crippen LogP contribution in [0.2, 0.25) is 0 Å². The first-order valence-corrected chi connectivity index (χ1v) is 7.68. The minimum Gasteiger partial charge on any atom is -0.349 e. The largest absolute Gasteiger partial charge is 0.349 e. The molecule has 0 spiro atoms. The molecule has 0 radical (unpaired) electrons. The van der Waals surface area contributed by atoms with Crippen LogP contribution in [0.5, 0.6) is 0 Å². The van der Waals surface area contributed by atoms with E-state index in [0.29, 0.717) is 5.92 Å². The van der Waals surface area contributed by atoms with Crippen molar-refractivity contribution < 1.29 is 0 Å². The molecule has 0 aromatic carbocycles. The van der Waals surface area contributed by atoms with E-state index >= 15 is 0 Å². The number of halogens is 1. The molecule has 0 saturated heterocycles. The van der Waals surface area contributed by atoms with Crippen LogP contribution in [0.15, 0.2) is 4.99 Å². The quantitative estimate of drug-likeness (QED) is 0.458. The second-order valence-electron chi connectivity index (χ2n) is 6.58. The summed E-state index contributed by atoms with van der Waals surface area (Å²) in [6.45, 7) is 13.3. The maximum absolute atomic E-state index is 7.46. The lowest BCUT2D eigenvalue weighted by Gasteiger charge is -2.60. The van der Waals surface area contributed by atoms with E-state index in [4.69, 9.17) is 17.0 Å². The van der Waals surface area contributed by atoms with Crippen LogP contribution >= 0.6 is 11.6 Å². The fraction of sp³-hybridized carbons (Fsp3) is 0.867. The Hall–Kier alpha value is -0.570. The average molecular weight is 286 g/mol. The summed E-state index contributed by atoms with van der Waals surface area (Å²) in [6.07, 6.45) is 4.40. The fourth-order valence-electron chi connectivity index (χ4n) is 3.49. The molecule has 0 bridgehead atoms. The third-order valence-electron chi connectivity index (χ3n) is 4.46. The number of amidine groups is 2. The molecule has 19 heavy (non-hydrogen) atoms. The van der Waals surface area contributed by atoms with Crippen molar-refractivity contribution >= 4 is 22.7 Å². The van der Waals surface area contributed by atoms with Crippen molar-refractivity contribution in [3.05, 3.63) is 0 Å². The van der Waals surface area contributed by atoms with Crippen LogP contribution < -0.4 is 0 Å². The standard InChI is InChI=1S/C15H28ClN3/c1-7-12(18-13(16)17)19(14(4,5)6)15(8-2)10-9-11(15)3/h11,17H,7-10H2,1-6H3/t11-,15?/m1/s1. The van der Waals surface area contributed by atoms with Gasteiger partial charge in [-0.15, -0.1) is 0 Å². The molecular formula is C15H28ClN3. The molecular weight excluding hydrogens is 258 g/mol. The molecule has 1 unspecified atom stereocenters. The molecule has 0 aromatic heterocycles. The van der Waals surface area contributed by atoms with Gasteiger partial charge in [0, 0.05) is 17.5 Å². The summed E-state index contributed by atoms with van der Waals surface area (Å²) in [5.41, 5.74) is 0.172. The van der Waals surface area contributed by atoms with E-state index in [9.17, 15) is 0 Å². The lowest BCUT2D eigenvalue weighted by Crippen LogP contribution is -2.66. The van der Waals surface area contributed by atoms with Crippen molar-refractivity contribution in [3.63, 3.8) is 0 Å². The van der Waals surface area contributed by atoms with E-state index in [1.54, 1.807) is 0 Å². The van der Waals surface area contributed by atoms with E-state index < -0.39 is 0 Å².